The summed E-state index contributed by atoms with van der Waals surface area (Å²) in [6, 6.07) is 3.50. The number of aromatic nitrogens is 2. The first kappa shape index (κ1) is 22.7. The predicted octanol–water partition coefficient (Wildman–Crippen LogP) is 3.12. The Balaban J connectivity index is 1.60. The lowest BCUT2D eigenvalue weighted by atomic mass is 10.1. The SMILES string of the molecule is CC(Nc1ncc(F)c(-c2cc(F)c3c(c2)N(C(C)C)CCO3)n1)[C@@H](C)N1CCNCC1. The van der Waals surface area contributed by atoms with Crippen LogP contribution in [0.1, 0.15) is 27.7 Å². The van der Waals surface area contributed by atoms with E-state index < -0.39 is 11.6 Å². The average molecular weight is 447 g/mol. The second-order valence-electron chi connectivity index (χ2n) is 8.79. The summed E-state index contributed by atoms with van der Waals surface area (Å²) < 4.78 is 35.1. The van der Waals surface area contributed by atoms with Gasteiger partial charge in [-0.15, -0.1) is 0 Å². The Morgan fingerprint density at radius 3 is 2.53 bits per heavy atom. The molecule has 1 aromatic carbocycles. The first-order valence-electron chi connectivity index (χ1n) is 11.3. The van der Waals surface area contributed by atoms with Gasteiger partial charge in [0.2, 0.25) is 5.95 Å². The third kappa shape index (κ3) is 4.63. The van der Waals surface area contributed by atoms with Crippen molar-refractivity contribution in [3.05, 3.63) is 30.0 Å². The van der Waals surface area contributed by atoms with Crippen LogP contribution < -0.4 is 20.3 Å². The molecule has 2 aliphatic heterocycles. The highest BCUT2D eigenvalue weighted by molar-refractivity contribution is 5.72. The van der Waals surface area contributed by atoms with Crippen molar-refractivity contribution >= 4 is 11.6 Å². The lowest BCUT2D eigenvalue weighted by Gasteiger charge is -2.36. The Kier molecular flexibility index (Phi) is 6.76. The molecule has 2 atom stereocenters. The molecule has 0 radical (unpaired) electrons. The topological polar surface area (TPSA) is 65.5 Å². The number of hydrogen-bond acceptors (Lipinski definition) is 7. The third-order valence-corrected chi connectivity index (χ3v) is 6.36. The quantitative estimate of drug-likeness (QED) is 0.707. The Labute approximate surface area is 188 Å². The molecule has 2 N–H and O–H groups in total. The average Bonchev–Trinajstić information content (AvgIpc) is 2.79. The number of ether oxygens (including phenoxy) is 1. The first-order valence-corrected chi connectivity index (χ1v) is 11.3. The van der Waals surface area contributed by atoms with E-state index in [1.54, 1.807) is 6.07 Å². The molecule has 7 nitrogen and oxygen atoms in total. The number of piperazine rings is 1. The highest BCUT2D eigenvalue weighted by Gasteiger charge is 2.26. The van der Waals surface area contributed by atoms with Crippen molar-refractivity contribution in [1.82, 2.24) is 20.2 Å². The van der Waals surface area contributed by atoms with Gasteiger partial charge in [0.1, 0.15) is 12.3 Å². The van der Waals surface area contributed by atoms with E-state index in [0.29, 0.717) is 30.4 Å². The van der Waals surface area contributed by atoms with Crippen molar-refractivity contribution < 1.29 is 13.5 Å². The van der Waals surface area contributed by atoms with Gasteiger partial charge < -0.3 is 20.3 Å². The van der Waals surface area contributed by atoms with Crippen LogP contribution in [0.2, 0.25) is 0 Å². The van der Waals surface area contributed by atoms with Gasteiger partial charge in [-0.1, -0.05) is 0 Å². The zero-order valence-corrected chi connectivity index (χ0v) is 19.2. The van der Waals surface area contributed by atoms with E-state index in [1.807, 2.05) is 13.8 Å². The molecule has 1 unspecified atom stereocenters. The number of benzene rings is 1. The Morgan fingerprint density at radius 1 is 1.06 bits per heavy atom. The molecule has 0 bridgehead atoms. The Bertz CT molecular complexity index is 950. The van der Waals surface area contributed by atoms with E-state index in [9.17, 15) is 8.78 Å². The van der Waals surface area contributed by atoms with Crippen LogP contribution in [0.4, 0.5) is 20.4 Å². The number of anilines is 2. The summed E-state index contributed by atoms with van der Waals surface area (Å²) in [5, 5.41) is 6.66. The van der Waals surface area contributed by atoms with Crippen molar-refractivity contribution in [3.8, 4) is 17.0 Å². The zero-order chi connectivity index (χ0) is 22.8. The summed E-state index contributed by atoms with van der Waals surface area (Å²) >= 11 is 0. The molecule has 2 aliphatic rings. The fourth-order valence-corrected chi connectivity index (χ4v) is 4.34. The maximum absolute atomic E-state index is 14.9. The van der Waals surface area contributed by atoms with E-state index in [0.717, 1.165) is 32.4 Å². The molecular formula is C23H32F2N6O. The minimum absolute atomic E-state index is 0.0523. The summed E-state index contributed by atoms with van der Waals surface area (Å²) in [7, 11) is 0. The van der Waals surface area contributed by atoms with Crippen LogP contribution in [0, 0.1) is 11.6 Å². The second kappa shape index (κ2) is 9.54. The Hall–Kier alpha value is -2.52. The van der Waals surface area contributed by atoms with E-state index in [1.165, 1.54) is 6.07 Å². The molecule has 1 aromatic heterocycles. The van der Waals surface area contributed by atoms with Gasteiger partial charge in [-0.25, -0.2) is 18.7 Å². The third-order valence-electron chi connectivity index (χ3n) is 6.36. The van der Waals surface area contributed by atoms with Gasteiger partial charge >= 0.3 is 0 Å². The van der Waals surface area contributed by atoms with Gasteiger partial charge in [0, 0.05) is 49.9 Å². The summed E-state index contributed by atoms with van der Waals surface area (Å²) in [6.07, 6.45) is 1.14. The molecule has 174 valence electrons. The fourth-order valence-electron chi connectivity index (χ4n) is 4.34. The molecule has 4 rings (SSSR count). The largest absolute Gasteiger partial charge is 0.486 e. The number of hydrogen-bond donors (Lipinski definition) is 2. The molecule has 1 fully saturated rings. The maximum atomic E-state index is 14.9. The monoisotopic (exact) mass is 446 g/mol. The lowest BCUT2D eigenvalue weighted by molar-refractivity contribution is 0.172. The van der Waals surface area contributed by atoms with Crippen LogP contribution in [0.5, 0.6) is 5.75 Å². The molecular weight excluding hydrogens is 414 g/mol. The number of nitrogens with one attached hydrogen (secondary N) is 2. The number of fused-ring (bicyclic) bond motifs is 1. The molecule has 1 saturated heterocycles. The van der Waals surface area contributed by atoms with Gasteiger partial charge in [-0.3, -0.25) is 4.90 Å². The molecule has 0 spiro atoms. The fraction of sp³-hybridized carbons (Fsp3) is 0.565. The van der Waals surface area contributed by atoms with Gasteiger partial charge in [-0.05, 0) is 39.8 Å². The summed E-state index contributed by atoms with van der Waals surface area (Å²) in [5.74, 6) is -0.576. The highest BCUT2D eigenvalue weighted by Crippen LogP contribution is 2.39. The second-order valence-corrected chi connectivity index (χ2v) is 8.79. The van der Waals surface area contributed by atoms with Crippen LogP contribution in [-0.4, -0.2) is 72.3 Å². The van der Waals surface area contributed by atoms with Crippen LogP contribution in [0.25, 0.3) is 11.3 Å². The number of rotatable bonds is 6. The van der Waals surface area contributed by atoms with E-state index >= 15 is 0 Å². The van der Waals surface area contributed by atoms with Gasteiger partial charge in [0.25, 0.3) is 0 Å². The lowest BCUT2D eigenvalue weighted by Crippen LogP contribution is -2.52. The highest BCUT2D eigenvalue weighted by atomic mass is 19.1. The molecule has 2 aromatic rings. The van der Waals surface area contributed by atoms with Crippen LogP contribution in [0.15, 0.2) is 18.3 Å². The van der Waals surface area contributed by atoms with Crippen molar-refractivity contribution in [3.63, 3.8) is 0 Å². The molecule has 9 heteroatoms. The number of halogens is 2. The van der Waals surface area contributed by atoms with Crippen LogP contribution >= 0.6 is 0 Å². The van der Waals surface area contributed by atoms with Gasteiger partial charge in [-0.2, -0.15) is 0 Å². The van der Waals surface area contributed by atoms with Crippen LogP contribution in [-0.2, 0) is 0 Å². The summed E-state index contributed by atoms with van der Waals surface area (Å²) in [5.41, 5.74) is 1.05. The minimum atomic E-state index is -0.592. The van der Waals surface area contributed by atoms with Gasteiger partial charge in [0.05, 0.1) is 18.4 Å². The Morgan fingerprint density at radius 2 is 1.81 bits per heavy atom. The van der Waals surface area contributed by atoms with Gasteiger partial charge in [0.15, 0.2) is 17.4 Å². The molecule has 0 saturated carbocycles. The summed E-state index contributed by atoms with van der Waals surface area (Å²) in [6.45, 7) is 13.3. The maximum Gasteiger partial charge on any atom is 0.223 e. The van der Waals surface area contributed by atoms with Crippen molar-refractivity contribution in [2.24, 2.45) is 0 Å². The first-order chi connectivity index (χ1) is 15.3. The zero-order valence-electron chi connectivity index (χ0n) is 19.2. The van der Waals surface area contributed by atoms with Crippen molar-refractivity contribution in [2.45, 2.75) is 45.8 Å². The predicted molar refractivity (Wildman–Crippen MR) is 122 cm³/mol. The van der Waals surface area contributed by atoms with E-state index in [4.69, 9.17) is 4.74 Å². The normalized spacial score (nSPS) is 18.8. The van der Waals surface area contributed by atoms with Crippen molar-refractivity contribution in [1.29, 1.82) is 0 Å². The molecule has 3 heterocycles. The van der Waals surface area contributed by atoms with Crippen molar-refractivity contribution in [2.75, 3.05) is 49.5 Å². The molecule has 0 amide bonds. The standard InChI is InChI=1S/C23H32F2N6O/c1-14(2)31-9-10-32-22-18(24)11-17(12-20(22)31)21-19(25)13-27-23(29-21)28-15(3)16(4)30-7-5-26-6-8-30/h11-16,26H,5-10H2,1-4H3,(H,27,28,29)/t15?,16-/m1/s1. The molecule has 32 heavy (non-hydrogen) atoms. The van der Waals surface area contributed by atoms with E-state index in [-0.39, 0.29) is 29.6 Å². The molecule has 0 aliphatic carbocycles. The minimum Gasteiger partial charge on any atom is -0.486 e. The van der Waals surface area contributed by atoms with Crippen LogP contribution in [0.3, 0.4) is 0 Å². The van der Waals surface area contributed by atoms with E-state index in [2.05, 4.69) is 44.2 Å². The summed E-state index contributed by atoms with van der Waals surface area (Å²) in [4.78, 5) is 13.0. The smallest absolute Gasteiger partial charge is 0.223 e. The number of nitrogens with zero attached hydrogens (tertiary/aromatic N) is 4.